The van der Waals surface area contributed by atoms with Crippen molar-refractivity contribution in [2.24, 2.45) is 0 Å². The average Bonchev–Trinajstić information content (AvgIpc) is 2.69. The first-order valence-electron chi connectivity index (χ1n) is 8.84. The lowest BCUT2D eigenvalue weighted by Gasteiger charge is -2.26. The van der Waals surface area contributed by atoms with Gasteiger partial charge in [0.05, 0.1) is 13.2 Å². The van der Waals surface area contributed by atoms with Crippen LogP contribution >= 0.6 is 0 Å². The predicted molar refractivity (Wildman–Crippen MR) is 96.0 cm³/mol. The van der Waals surface area contributed by atoms with Crippen LogP contribution in [0, 0.1) is 5.82 Å². The van der Waals surface area contributed by atoms with Gasteiger partial charge in [0.2, 0.25) is 0 Å². The summed E-state index contributed by atoms with van der Waals surface area (Å²) in [7, 11) is 0. The van der Waals surface area contributed by atoms with Gasteiger partial charge < -0.3 is 4.74 Å². The monoisotopic (exact) mass is 391 g/mol. The minimum Gasteiger partial charge on any atom is -0.379 e. The van der Waals surface area contributed by atoms with E-state index in [1.165, 1.54) is 18.3 Å². The zero-order valence-corrected chi connectivity index (χ0v) is 14.8. The molecule has 28 heavy (non-hydrogen) atoms. The number of aromatic nitrogens is 2. The van der Waals surface area contributed by atoms with E-state index < -0.39 is 11.9 Å². The van der Waals surface area contributed by atoms with Gasteiger partial charge in [-0.15, -0.1) is 0 Å². The topological polar surface area (TPSA) is 38.2 Å². The van der Waals surface area contributed by atoms with E-state index in [9.17, 15) is 17.6 Å². The third kappa shape index (κ3) is 3.83. The van der Waals surface area contributed by atoms with Crippen LogP contribution < -0.4 is 0 Å². The smallest absolute Gasteiger partial charge is 0.379 e. The molecule has 4 rings (SSSR count). The molecule has 1 aromatic carbocycles. The Morgan fingerprint density at radius 3 is 2.57 bits per heavy atom. The van der Waals surface area contributed by atoms with Crippen LogP contribution in [0.3, 0.4) is 0 Å². The summed E-state index contributed by atoms with van der Waals surface area (Å²) < 4.78 is 58.4. The molecular formula is C20H17F4N3O. The first kappa shape index (κ1) is 18.8. The minimum atomic E-state index is -4.53. The van der Waals surface area contributed by atoms with Crippen molar-refractivity contribution in [1.82, 2.24) is 14.9 Å². The highest BCUT2D eigenvalue weighted by Gasteiger charge is 2.32. The van der Waals surface area contributed by atoms with Gasteiger partial charge in [-0.3, -0.25) is 4.90 Å². The number of benzene rings is 1. The first-order valence-corrected chi connectivity index (χ1v) is 8.84. The molecule has 1 saturated heterocycles. The Balaban J connectivity index is 1.72. The van der Waals surface area contributed by atoms with Crippen molar-refractivity contribution in [3.63, 3.8) is 0 Å². The summed E-state index contributed by atoms with van der Waals surface area (Å²) in [4.78, 5) is 9.71. The molecule has 3 aromatic rings. The lowest BCUT2D eigenvalue weighted by atomic mass is 10.00. The zero-order chi connectivity index (χ0) is 19.7. The van der Waals surface area contributed by atoms with Gasteiger partial charge in [-0.2, -0.15) is 13.2 Å². The highest BCUT2D eigenvalue weighted by atomic mass is 19.4. The zero-order valence-electron chi connectivity index (χ0n) is 14.8. The largest absolute Gasteiger partial charge is 0.433 e. The molecule has 1 aliphatic heterocycles. The molecular weight excluding hydrogens is 374 g/mol. The molecule has 2 aromatic heterocycles. The fraction of sp³-hybridized carbons (Fsp3) is 0.300. The molecule has 0 bridgehead atoms. The van der Waals surface area contributed by atoms with Crippen molar-refractivity contribution in [3.8, 4) is 11.1 Å². The Morgan fingerprint density at radius 1 is 1.04 bits per heavy atom. The molecule has 146 valence electrons. The fourth-order valence-electron chi connectivity index (χ4n) is 3.30. The standard InChI is InChI=1S/C20H17F4N3O/c21-17-3-1-13(11-14(17)12-27-7-9-28-10-8-27)15-5-6-25-19-16(15)2-4-18(26-19)20(22,23)24/h1-6,11H,7-10,12H2. The second-order valence-electron chi connectivity index (χ2n) is 6.62. The number of nitrogens with zero attached hydrogens (tertiary/aromatic N) is 3. The number of pyridine rings is 2. The second-order valence-corrected chi connectivity index (χ2v) is 6.62. The Hall–Kier alpha value is -2.58. The molecule has 0 unspecified atom stereocenters. The maximum absolute atomic E-state index is 14.3. The quantitative estimate of drug-likeness (QED) is 0.625. The summed E-state index contributed by atoms with van der Waals surface area (Å²) in [6.45, 7) is 3.13. The fourth-order valence-corrected chi connectivity index (χ4v) is 3.30. The Kier molecular flexibility index (Phi) is 4.99. The molecule has 0 atom stereocenters. The molecule has 0 radical (unpaired) electrons. The predicted octanol–water partition coefficient (Wildman–Crippen LogP) is 4.29. The van der Waals surface area contributed by atoms with Crippen molar-refractivity contribution >= 4 is 11.0 Å². The number of alkyl halides is 3. The van der Waals surface area contributed by atoms with Crippen LogP contribution in [-0.2, 0) is 17.5 Å². The summed E-state index contributed by atoms with van der Waals surface area (Å²) >= 11 is 0. The number of fused-ring (bicyclic) bond motifs is 1. The maximum atomic E-state index is 14.3. The van der Waals surface area contributed by atoms with Gasteiger partial charge in [0.15, 0.2) is 5.65 Å². The van der Waals surface area contributed by atoms with Crippen LogP contribution in [0.15, 0.2) is 42.6 Å². The number of ether oxygens (including phenoxy) is 1. The number of halogens is 4. The van der Waals surface area contributed by atoms with E-state index in [0.29, 0.717) is 41.8 Å². The summed E-state index contributed by atoms with van der Waals surface area (Å²) in [5.41, 5.74) is 0.917. The third-order valence-corrected chi connectivity index (χ3v) is 4.75. The highest BCUT2D eigenvalue weighted by Crippen LogP contribution is 2.32. The lowest BCUT2D eigenvalue weighted by Crippen LogP contribution is -2.35. The van der Waals surface area contributed by atoms with E-state index in [1.54, 1.807) is 18.2 Å². The summed E-state index contributed by atoms with van der Waals surface area (Å²) in [5, 5.41) is 0.486. The van der Waals surface area contributed by atoms with Crippen molar-refractivity contribution in [2.45, 2.75) is 12.7 Å². The molecule has 0 saturated carbocycles. The van der Waals surface area contributed by atoms with Crippen molar-refractivity contribution in [2.75, 3.05) is 26.3 Å². The molecule has 1 aliphatic rings. The molecule has 4 nitrogen and oxygen atoms in total. The van der Waals surface area contributed by atoms with E-state index in [1.807, 2.05) is 0 Å². The van der Waals surface area contributed by atoms with Crippen LogP contribution in [0.4, 0.5) is 17.6 Å². The van der Waals surface area contributed by atoms with E-state index >= 15 is 0 Å². The molecule has 0 amide bonds. The highest BCUT2D eigenvalue weighted by molar-refractivity contribution is 5.92. The van der Waals surface area contributed by atoms with Crippen LogP contribution in [0.25, 0.3) is 22.2 Å². The van der Waals surface area contributed by atoms with E-state index in [-0.39, 0.29) is 11.5 Å². The van der Waals surface area contributed by atoms with Crippen molar-refractivity contribution in [3.05, 3.63) is 59.7 Å². The van der Waals surface area contributed by atoms with Gasteiger partial charge in [0.1, 0.15) is 11.5 Å². The molecule has 8 heteroatoms. The second kappa shape index (κ2) is 7.44. The Labute approximate surface area is 158 Å². The molecule has 3 heterocycles. The minimum absolute atomic E-state index is 0.00591. The van der Waals surface area contributed by atoms with Gasteiger partial charge in [0, 0.05) is 36.8 Å². The third-order valence-electron chi connectivity index (χ3n) is 4.75. The van der Waals surface area contributed by atoms with E-state index in [0.717, 1.165) is 19.2 Å². The number of rotatable bonds is 3. The molecule has 0 N–H and O–H groups in total. The Bertz CT molecular complexity index is 1000. The molecule has 0 spiro atoms. The first-order chi connectivity index (χ1) is 13.4. The van der Waals surface area contributed by atoms with Gasteiger partial charge in [-0.05, 0) is 41.5 Å². The normalized spacial score (nSPS) is 15.9. The maximum Gasteiger partial charge on any atom is 0.433 e. The SMILES string of the molecule is Fc1ccc(-c2ccnc3nc(C(F)(F)F)ccc23)cc1CN1CCOCC1. The van der Waals surface area contributed by atoms with E-state index in [4.69, 9.17) is 4.74 Å². The molecule has 1 fully saturated rings. The number of hydrogen-bond acceptors (Lipinski definition) is 4. The van der Waals surface area contributed by atoms with Crippen molar-refractivity contribution in [1.29, 1.82) is 0 Å². The van der Waals surface area contributed by atoms with Crippen LogP contribution in [-0.4, -0.2) is 41.2 Å². The van der Waals surface area contributed by atoms with Crippen molar-refractivity contribution < 1.29 is 22.3 Å². The summed E-state index contributed by atoms with van der Waals surface area (Å²) in [6, 6.07) is 8.73. The van der Waals surface area contributed by atoms with E-state index in [2.05, 4.69) is 14.9 Å². The Morgan fingerprint density at radius 2 is 1.82 bits per heavy atom. The van der Waals surface area contributed by atoms with Crippen LogP contribution in [0.2, 0.25) is 0 Å². The average molecular weight is 391 g/mol. The lowest BCUT2D eigenvalue weighted by molar-refractivity contribution is -0.141. The van der Waals surface area contributed by atoms with Crippen LogP contribution in [0.5, 0.6) is 0 Å². The molecule has 0 aliphatic carbocycles. The summed E-state index contributed by atoms with van der Waals surface area (Å²) in [5.74, 6) is -0.314. The van der Waals surface area contributed by atoms with Crippen LogP contribution in [0.1, 0.15) is 11.3 Å². The number of hydrogen-bond donors (Lipinski definition) is 0. The summed E-state index contributed by atoms with van der Waals surface area (Å²) in [6.07, 6.45) is -3.12. The van der Waals surface area contributed by atoms with Gasteiger partial charge in [-0.1, -0.05) is 6.07 Å². The van der Waals surface area contributed by atoms with Gasteiger partial charge in [-0.25, -0.2) is 14.4 Å². The number of morpholine rings is 1. The van der Waals surface area contributed by atoms with Gasteiger partial charge >= 0.3 is 6.18 Å². The van der Waals surface area contributed by atoms with Gasteiger partial charge in [0.25, 0.3) is 0 Å².